The number of hydrogen-bond donors (Lipinski definition) is 0. The molecule has 0 aromatic heterocycles. The molecule has 0 N–H and O–H groups in total. The molecule has 47 heavy (non-hydrogen) atoms. The fourth-order valence-corrected chi connectivity index (χ4v) is 6.55. The van der Waals surface area contributed by atoms with Gasteiger partial charge in [-0.25, -0.2) is 0 Å². The SMILES string of the molecule is CCCCC/C=C\C/C=C\CCCCCCCOC1CCC(CCN(C)C)CC1OCCCCCCC/C=C\C/C=C\CCCCC. The Hall–Kier alpha value is -1.16. The minimum absolute atomic E-state index is 0.291. The van der Waals surface area contributed by atoms with Gasteiger partial charge in [0.25, 0.3) is 0 Å². The maximum atomic E-state index is 6.56. The van der Waals surface area contributed by atoms with Crippen LogP contribution in [-0.4, -0.2) is 51.0 Å². The van der Waals surface area contributed by atoms with Crippen LogP contribution in [0.1, 0.15) is 181 Å². The summed E-state index contributed by atoms with van der Waals surface area (Å²) in [4.78, 5) is 2.32. The number of unbranched alkanes of at least 4 members (excludes halogenated alkanes) is 16. The standard InChI is InChI=1S/C44H81NO2/c1-5-7-9-11-13-15-17-19-21-23-25-27-29-31-33-39-46-43-36-35-42(37-38-45(3)4)41-44(43)47-40-34-32-30-28-26-24-22-20-18-16-14-12-10-8-6-2/h13-16,19-22,42-44H,5-12,17-18,23-41H2,1-4H3/b15-13-,16-14-,21-19-,22-20-. The van der Waals surface area contributed by atoms with Gasteiger partial charge in [-0.15, -0.1) is 0 Å². The molecule has 0 aliphatic heterocycles. The molecule has 0 heterocycles. The Balaban J connectivity index is 2.15. The van der Waals surface area contributed by atoms with Crippen molar-refractivity contribution in [2.45, 2.75) is 193 Å². The first-order valence-corrected chi connectivity index (χ1v) is 20.6. The Labute approximate surface area is 295 Å². The lowest BCUT2D eigenvalue weighted by Crippen LogP contribution is -2.39. The molecule has 0 aromatic carbocycles. The van der Waals surface area contributed by atoms with Gasteiger partial charge in [-0.05, 0) is 129 Å². The van der Waals surface area contributed by atoms with Crippen LogP contribution in [0.2, 0.25) is 0 Å². The van der Waals surface area contributed by atoms with Crippen LogP contribution in [0.25, 0.3) is 0 Å². The van der Waals surface area contributed by atoms with Gasteiger partial charge in [0.15, 0.2) is 0 Å². The van der Waals surface area contributed by atoms with Crippen molar-refractivity contribution in [3.63, 3.8) is 0 Å². The first-order chi connectivity index (χ1) is 23.2. The van der Waals surface area contributed by atoms with Gasteiger partial charge in [0.05, 0.1) is 12.2 Å². The van der Waals surface area contributed by atoms with Gasteiger partial charge in [-0.3, -0.25) is 0 Å². The summed E-state index contributed by atoms with van der Waals surface area (Å²) in [6.07, 6.45) is 52.4. The second-order valence-corrected chi connectivity index (χ2v) is 14.6. The number of allylic oxidation sites excluding steroid dienone is 8. The zero-order valence-electron chi connectivity index (χ0n) is 32.1. The van der Waals surface area contributed by atoms with Crippen molar-refractivity contribution in [2.24, 2.45) is 5.92 Å². The predicted octanol–water partition coefficient (Wildman–Crippen LogP) is 13.4. The Bertz CT molecular complexity index is 754. The Morgan fingerprint density at radius 2 is 0.915 bits per heavy atom. The topological polar surface area (TPSA) is 21.7 Å². The summed E-state index contributed by atoms with van der Waals surface area (Å²) in [6, 6.07) is 0. The molecule has 0 amide bonds. The summed E-state index contributed by atoms with van der Waals surface area (Å²) in [7, 11) is 4.39. The van der Waals surface area contributed by atoms with E-state index in [0.29, 0.717) is 12.2 Å². The van der Waals surface area contributed by atoms with Crippen molar-refractivity contribution >= 4 is 0 Å². The third-order valence-electron chi connectivity index (χ3n) is 9.68. The first kappa shape index (κ1) is 43.9. The van der Waals surface area contributed by atoms with E-state index >= 15 is 0 Å². The van der Waals surface area contributed by atoms with Crippen molar-refractivity contribution < 1.29 is 9.47 Å². The highest BCUT2D eigenvalue weighted by molar-refractivity contribution is 4.93. The summed E-state index contributed by atoms with van der Waals surface area (Å²) in [6.45, 7) is 7.52. The molecule has 3 atom stereocenters. The van der Waals surface area contributed by atoms with Crippen molar-refractivity contribution in [1.82, 2.24) is 4.90 Å². The molecule has 1 rings (SSSR count). The smallest absolute Gasteiger partial charge is 0.0839 e. The van der Waals surface area contributed by atoms with E-state index in [1.54, 1.807) is 0 Å². The second kappa shape index (κ2) is 34.7. The normalized spacial score (nSPS) is 19.1. The lowest BCUT2D eigenvalue weighted by Gasteiger charge is -2.36. The molecular weight excluding hydrogens is 574 g/mol. The molecule has 0 aromatic rings. The van der Waals surface area contributed by atoms with E-state index in [4.69, 9.17) is 9.47 Å². The lowest BCUT2D eigenvalue weighted by molar-refractivity contribution is -0.104. The van der Waals surface area contributed by atoms with Gasteiger partial charge in [-0.2, -0.15) is 0 Å². The predicted molar refractivity (Wildman–Crippen MR) is 209 cm³/mol. The molecular formula is C44H81NO2. The third kappa shape index (κ3) is 29.5. The number of hydrogen-bond acceptors (Lipinski definition) is 3. The van der Waals surface area contributed by atoms with Gasteiger partial charge in [0, 0.05) is 13.2 Å². The van der Waals surface area contributed by atoms with Crippen LogP contribution in [0.5, 0.6) is 0 Å². The maximum absolute atomic E-state index is 6.56. The Kier molecular flexibility index (Phi) is 32.4. The van der Waals surface area contributed by atoms with Crippen molar-refractivity contribution in [3.05, 3.63) is 48.6 Å². The highest BCUT2D eigenvalue weighted by Gasteiger charge is 2.31. The summed E-state index contributed by atoms with van der Waals surface area (Å²) in [5.74, 6) is 0.780. The highest BCUT2D eigenvalue weighted by Crippen LogP contribution is 2.31. The molecule has 0 spiro atoms. The van der Waals surface area contributed by atoms with E-state index in [-0.39, 0.29) is 0 Å². The average molecular weight is 656 g/mol. The lowest BCUT2D eigenvalue weighted by atomic mass is 9.83. The van der Waals surface area contributed by atoms with Crippen LogP contribution >= 0.6 is 0 Å². The number of nitrogens with zero attached hydrogens (tertiary/aromatic N) is 1. The zero-order valence-corrected chi connectivity index (χ0v) is 32.1. The van der Waals surface area contributed by atoms with Crippen molar-refractivity contribution in [3.8, 4) is 0 Å². The van der Waals surface area contributed by atoms with E-state index in [2.05, 4.69) is 81.5 Å². The minimum Gasteiger partial charge on any atom is -0.376 e. The molecule has 3 unspecified atom stereocenters. The second-order valence-electron chi connectivity index (χ2n) is 14.6. The fraction of sp³-hybridized carbons (Fsp3) is 0.818. The van der Waals surface area contributed by atoms with E-state index in [0.717, 1.165) is 32.0 Å². The molecule has 0 bridgehead atoms. The minimum atomic E-state index is 0.291. The molecule has 3 heteroatoms. The maximum Gasteiger partial charge on any atom is 0.0839 e. The Morgan fingerprint density at radius 3 is 1.38 bits per heavy atom. The highest BCUT2D eigenvalue weighted by atomic mass is 16.5. The zero-order chi connectivity index (χ0) is 33.9. The van der Waals surface area contributed by atoms with Crippen molar-refractivity contribution in [2.75, 3.05) is 33.9 Å². The number of rotatable bonds is 33. The molecule has 1 aliphatic carbocycles. The van der Waals surface area contributed by atoms with Crippen LogP contribution in [0, 0.1) is 5.92 Å². The largest absolute Gasteiger partial charge is 0.376 e. The monoisotopic (exact) mass is 656 g/mol. The summed E-state index contributed by atoms with van der Waals surface area (Å²) in [5, 5.41) is 0. The molecule has 0 saturated heterocycles. The van der Waals surface area contributed by atoms with Crippen LogP contribution in [0.15, 0.2) is 48.6 Å². The van der Waals surface area contributed by atoms with Crippen molar-refractivity contribution in [1.29, 1.82) is 0 Å². The van der Waals surface area contributed by atoms with Crippen LogP contribution in [0.4, 0.5) is 0 Å². The molecule has 0 radical (unpaired) electrons. The summed E-state index contributed by atoms with van der Waals surface area (Å²) < 4.78 is 13.1. The molecule has 3 nitrogen and oxygen atoms in total. The van der Waals surface area contributed by atoms with E-state index in [1.165, 1.54) is 161 Å². The van der Waals surface area contributed by atoms with E-state index < -0.39 is 0 Å². The van der Waals surface area contributed by atoms with E-state index in [9.17, 15) is 0 Å². The molecule has 1 aliphatic rings. The molecule has 274 valence electrons. The quantitative estimate of drug-likeness (QED) is 0.0519. The fourth-order valence-electron chi connectivity index (χ4n) is 6.55. The van der Waals surface area contributed by atoms with Crippen LogP contribution in [0.3, 0.4) is 0 Å². The van der Waals surface area contributed by atoms with Gasteiger partial charge >= 0.3 is 0 Å². The molecule has 1 saturated carbocycles. The van der Waals surface area contributed by atoms with Crippen LogP contribution < -0.4 is 0 Å². The molecule has 1 fully saturated rings. The van der Waals surface area contributed by atoms with Gasteiger partial charge < -0.3 is 14.4 Å². The van der Waals surface area contributed by atoms with Crippen LogP contribution in [-0.2, 0) is 9.47 Å². The number of ether oxygens (including phenoxy) is 2. The third-order valence-corrected chi connectivity index (χ3v) is 9.68. The van der Waals surface area contributed by atoms with Gasteiger partial charge in [0.1, 0.15) is 0 Å². The Morgan fingerprint density at radius 1 is 0.489 bits per heavy atom. The van der Waals surface area contributed by atoms with E-state index in [1.807, 2.05) is 0 Å². The van der Waals surface area contributed by atoms with Gasteiger partial charge in [0.2, 0.25) is 0 Å². The first-order valence-electron chi connectivity index (χ1n) is 20.6. The summed E-state index contributed by atoms with van der Waals surface area (Å²) in [5.41, 5.74) is 0. The van der Waals surface area contributed by atoms with Gasteiger partial charge in [-0.1, -0.05) is 127 Å². The summed E-state index contributed by atoms with van der Waals surface area (Å²) >= 11 is 0. The average Bonchev–Trinajstić information content (AvgIpc) is 3.07.